The second-order valence-corrected chi connectivity index (χ2v) is 6.93. The van der Waals surface area contributed by atoms with Crippen molar-refractivity contribution in [1.29, 1.82) is 0 Å². The van der Waals surface area contributed by atoms with Crippen molar-refractivity contribution in [3.63, 3.8) is 0 Å². The van der Waals surface area contributed by atoms with E-state index in [4.69, 9.17) is 11.6 Å². The molecule has 1 aromatic carbocycles. The van der Waals surface area contributed by atoms with Crippen molar-refractivity contribution in [1.82, 2.24) is 10.2 Å². The third kappa shape index (κ3) is 6.35. The van der Waals surface area contributed by atoms with Crippen LogP contribution in [0.1, 0.15) is 6.42 Å². The molecule has 0 aliphatic carbocycles. The Morgan fingerprint density at radius 2 is 1.67 bits per heavy atom. The molecular weight excluding hydrogens is 372 g/mol. The standard InChI is InChI=1S/C18H27ClN4O4/c1-22-9-11-23(12-10-22)14-5-3-13(4-6-14)21-18(27)16(25)15(24)17(26)20-8-2-7-19/h3-6,15-16,24-25H,2,7-12H2,1H3,(H,20,26)(H,21,27)/t15-,16-/m1/s1. The molecule has 1 fully saturated rings. The second-order valence-electron chi connectivity index (χ2n) is 6.55. The van der Waals surface area contributed by atoms with Gasteiger partial charge in [0.2, 0.25) is 0 Å². The van der Waals surface area contributed by atoms with Crippen LogP contribution in [0.5, 0.6) is 0 Å². The predicted molar refractivity (Wildman–Crippen MR) is 105 cm³/mol. The number of amides is 2. The first-order chi connectivity index (χ1) is 12.9. The fourth-order valence-electron chi connectivity index (χ4n) is 2.71. The van der Waals surface area contributed by atoms with Crippen LogP contribution in [0.2, 0.25) is 0 Å². The molecule has 0 aromatic heterocycles. The summed E-state index contributed by atoms with van der Waals surface area (Å²) in [6.07, 6.45) is -3.18. The van der Waals surface area contributed by atoms with E-state index in [9.17, 15) is 19.8 Å². The number of carbonyl (C=O) groups excluding carboxylic acids is 2. The lowest BCUT2D eigenvalue weighted by Gasteiger charge is -2.34. The maximum Gasteiger partial charge on any atom is 0.256 e. The molecule has 1 saturated heterocycles. The molecule has 0 spiro atoms. The van der Waals surface area contributed by atoms with Crippen molar-refractivity contribution in [3.8, 4) is 0 Å². The van der Waals surface area contributed by atoms with Crippen LogP contribution in [-0.4, -0.2) is 84.8 Å². The molecule has 2 rings (SSSR count). The molecule has 0 unspecified atom stereocenters. The molecule has 1 aromatic rings. The van der Waals surface area contributed by atoms with Crippen molar-refractivity contribution < 1.29 is 19.8 Å². The fraction of sp³-hybridized carbons (Fsp3) is 0.556. The number of rotatable bonds is 8. The zero-order chi connectivity index (χ0) is 19.8. The van der Waals surface area contributed by atoms with Gasteiger partial charge in [-0.2, -0.15) is 0 Å². The van der Waals surface area contributed by atoms with Crippen LogP contribution in [0, 0.1) is 0 Å². The van der Waals surface area contributed by atoms with Gasteiger partial charge in [-0.15, -0.1) is 11.6 Å². The molecule has 1 heterocycles. The molecule has 2 atom stereocenters. The molecule has 1 aliphatic rings. The minimum Gasteiger partial charge on any atom is -0.380 e. The molecule has 2 amide bonds. The number of nitrogens with one attached hydrogen (secondary N) is 2. The van der Waals surface area contributed by atoms with Crippen molar-refractivity contribution in [2.24, 2.45) is 0 Å². The quantitative estimate of drug-likeness (QED) is 0.358. The van der Waals surface area contributed by atoms with Gasteiger partial charge in [0.25, 0.3) is 11.8 Å². The van der Waals surface area contributed by atoms with Gasteiger partial charge in [-0.05, 0) is 37.7 Å². The summed E-state index contributed by atoms with van der Waals surface area (Å²) in [6, 6.07) is 7.24. The number of carbonyl (C=O) groups is 2. The van der Waals surface area contributed by atoms with Crippen LogP contribution in [0.25, 0.3) is 0 Å². The molecule has 0 radical (unpaired) electrons. The number of piperazine rings is 1. The highest BCUT2D eigenvalue weighted by atomic mass is 35.5. The van der Waals surface area contributed by atoms with Crippen LogP contribution in [0.15, 0.2) is 24.3 Å². The van der Waals surface area contributed by atoms with Crippen LogP contribution in [0.3, 0.4) is 0 Å². The summed E-state index contributed by atoms with van der Waals surface area (Å²) < 4.78 is 0. The summed E-state index contributed by atoms with van der Waals surface area (Å²) in [4.78, 5) is 28.3. The van der Waals surface area contributed by atoms with E-state index in [1.54, 1.807) is 12.1 Å². The van der Waals surface area contributed by atoms with Gasteiger partial charge in [-0.1, -0.05) is 0 Å². The lowest BCUT2D eigenvalue weighted by molar-refractivity contribution is -0.143. The minimum atomic E-state index is -1.86. The van der Waals surface area contributed by atoms with Gasteiger partial charge in [0.15, 0.2) is 12.2 Å². The Balaban J connectivity index is 1.86. The highest BCUT2D eigenvalue weighted by Crippen LogP contribution is 2.19. The van der Waals surface area contributed by atoms with Crippen LogP contribution in [0.4, 0.5) is 11.4 Å². The first-order valence-electron chi connectivity index (χ1n) is 8.96. The van der Waals surface area contributed by atoms with Gasteiger partial charge in [0, 0.05) is 50.0 Å². The third-order valence-electron chi connectivity index (χ3n) is 4.45. The maximum atomic E-state index is 12.1. The Labute approximate surface area is 164 Å². The third-order valence-corrected chi connectivity index (χ3v) is 4.72. The Morgan fingerprint density at radius 1 is 1.07 bits per heavy atom. The number of anilines is 2. The fourth-order valence-corrected chi connectivity index (χ4v) is 2.84. The Bertz CT molecular complexity index is 620. The van der Waals surface area contributed by atoms with Gasteiger partial charge in [0.05, 0.1) is 0 Å². The van der Waals surface area contributed by atoms with E-state index in [0.29, 0.717) is 18.0 Å². The lowest BCUT2D eigenvalue weighted by atomic mass is 10.1. The predicted octanol–water partition coefficient (Wildman–Crippen LogP) is -0.156. The number of aliphatic hydroxyl groups is 2. The number of hydrogen-bond acceptors (Lipinski definition) is 6. The van der Waals surface area contributed by atoms with Gasteiger partial charge in [-0.3, -0.25) is 9.59 Å². The number of hydrogen-bond donors (Lipinski definition) is 4. The average molecular weight is 399 g/mol. The summed E-state index contributed by atoms with van der Waals surface area (Å²) >= 11 is 5.50. The molecule has 27 heavy (non-hydrogen) atoms. The number of halogens is 1. The van der Waals surface area contributed by atoms with E-state index in [-0.39, 0.29) is 6.54 Å². The summed E-state index contributed by atoms with van der Waals surface area (Å²) in [7, 11) is 2.09. The van der Waals surface area contributed by atoms with Crippen molar-refractivity contribution in [3.05, 3.63) is 24.3 Å². The van der Waals surface area contributed by atoms with Crippen molar-refractivity contribution >= 4 is 34.8 Å². The van der Waals surface area contributed by atoms with E-state index < -0.39 is 24.0 Å². The Kier molecular flexibility index (Phi) is 8.30. The minimum absolute atomic E-state index is 0.265. The molecule has 0 saturated carbocycles. The van der Waals surface area contributed by atoms with Gasteiger partial charge in [0.1, 0.15) is 0 Å². The Morgan fingerprint density at radius 3 is 2.26 bits per heavy atom. The van der Waals surface area contributed by atoms with E-state index in [1.165, 1.54) is 0 Å². The number of aliphatic hydroxyl groups excluding tert-OH is 2. The average Bonchev–Trinajstić information content (AvgIpc) is 2.68. The number of benzene rings is 1. The number of alkyl halides is 1. The van der Waals surface area contributed by atoms with E-state index in [0.717, 1.165) is 31.9 Å². The van der Waals surface area contributed by atoms with Crippen LogP contribution >= 0.6 is 11.6 Å². The zero-order valence-electron chi connectivity index (χ0n) is 15.4. The monoisotopic (exact) mass is 398 g/mol. The highest BCUT2D eigenvalue weighted by molar-refractivity contribution is 6.17. The largest absolute Gasteiger partial charge is 0.380 e. The number of nitrogens with zero attached hydrogens (tertiary/aromatic N) is 2. The second kappa shape index (κ2) is 10.5. The van der Waals surface area contributed by atoms with Crippen molar-refractivity contribution in [2.75, 3.05) is 55.9 Å². The van der Waals surface area contributed by atoms with Crippen LogP contribution in [-0.2, 0) is 9.59 Å². The van der Waals surface area contributed by atoms with Crippen molar-refractivity contribution in [2.45, 2.75) is 18.6 Å². The van der Waals surface area contributed by atoms with Gasteiger partial charge >= 0.3 is 0 Å². The highest BCUT2D eigenvalue weighted by Gasteiger charge is 2.30. The molecule has 4 N–H and O–H groups in total. The zero-order valence-corrected chi connectivity index (χ0v) is 16.2. The van der Waals surface area contributed by atoms with E-state index in [2.05, 4.69) is 27.5 Å². The van der Waals surface area contributed by atoms with Gasteiger partial charge in [-0.25, -0.2) is 0 Å². The smallest absolute Gasteiger partial charge is 0.256 e. The molecular formula is C18H27ClN4O4. The summed E-state index contributed by atoms with van der Waals surface area (Å²) in [5.74, 6) is -1.29. The normalized spacial score (nSPS) is 17.3. The van der Waals surface area contributed by atoms with Gasteiger partial charge < -0.3 is 30.6 Å². The number of likely N-dealkylation sites (N-methyl/N-ethyl adjacent to an activating group) is 1. The molecule has 150 valence electrons. The van der Waals surface area contributed by atoms with E-state index >= 15 is 0 Å². The topological polar surface area (TPSA) is 105 Å². The Hall–Kier alpha value is -1.87. The first kappa shape index (κ1) is 21.4. The summed E-state index contributed by atoms with van der Waals surface area (Å²) in [6.45, 7) is 4.13. The lowest BCUT2D eigenvalue weighted by Crippen LogP contribution is -2.47. The van der Waals surface area contributed by atoms with Crippen LogP contribution < -0.4 is 15.5 Å². The molecule has 1 aliphatic heterocycles. The maximum absolute atomic E-state index is 12.1. The summed E-state index contributed by atoms with van der Waals surface area (Å²) in [5, 5.41) is 24.6. The van der Waals surface area contributed by atoms with E-state index in [1.807, 2.05) is 12.1 Å². The first-order valence-corrected chi connectivity index (χ1v) is 9.50. The summed E-state index contributed by atoms with van der Waals surface area (Å²) in [5.41, 5.74) is 1.53. The molecule has 9 heteroatoms. The molecule has 0 bridgehead atoms. The molecule has 8 nitrogen and oxygen atoms in total. The SMILES string of the molecule is CN1CCN(c2ccc(NC(=O)[C@H](O)[C@@H](O)C(=O)NCCCCl)cc2)CC1.